The van der Waals surface area contributed by atoms with Crippen molar-refractivity contribution < 1.29 is 9.59 Å². The molecule has 0 aliphatic heterocycles. The Balaban J connectivity index is 1.58. The molecule has 2 N–H and O–H groups in total. The summed E-state index contributed by atoms with van der Waals surface area (Å²) < 4.78 is 0. The first kappa shape index (κ1) is 21.3. The third-order valence-electron chi connectivity index (χ3n) is 4.94. The van der Waals surface area contributed by atoms with E-state index in [2.05, 4.69) is 16.7 Å². The number of hydrogen-bond acceptors (Lipinski definition) is 5. The molecule has 29 heavy (non-hydrogen) atoms. The van der Waals surface area contributed by atoms with Crippen LogP contribution < -0.4 is 10.6 Å². The van der Waals surface area contributed by atoms with Crippen LogP contribution in [0.1, 0.15) is 34.9 Å². The number of aryl methyl sites for hydroxylation is 2. The van der Waals surface area contributed by atoms with Gasteiger partial charge in [0.1, 0.15) is 11.1 Å². The second kappa shape index (κ2) is 9.40. The van der Waals surface area contributed by atoms with Gasteiger partial charge in [0.25, 0.3) is 0 Å². The fourth-order valence-electron chi connectivity index (χ4n) is 3.38. The van der Waals surface area contributed by atoms with Crippen LogP contribution in [0.25, 0.3) is 0 Å². The Kier molecular flexibility index (Phi) is 6.91. The number of rotatable bonds is 7. The molecule has 2 amide bonds. The standard InChI is InChI=1S/C21H23ClN4O2S/c1-3-26(11-19(27)24-17-9-14(22)8-7-13(17)2)12-20(28)25-21-16(10-23)15-5-4-6-18(15)29-21/h7-9H,3-6,11-12H2,1-2H3,(H,24,27)(H,25,28). The smallest absolute Gasteiger partial charge is 0.239 e. The van der Waals surface area contributed by atoms with E-state index in [1.807, 2.05) is 19.9 Å². The molecule has 3 rings (SSSR count). The zero-order chi connectivity index (χ0) is 21.0. The first-order chi connectivity index (χ1) is 13.9. The third-order valence-corrected chi connectivity index (χ3v) is 6.38. The summed E-state index contributed by atoms with van der Waals surface area (Å²) in [6, 6.07) is 7.54. The summed E-state index contributed by atoms with van der Waals surface area (Å²) in [6.45, 7) is 4.49. The lowest BCUT2D eigenvalue weighted by atomic mass is 10.1. The third kappa shape index (κ3) is 5.15. The molecule has 0 radical (unpaired) electrons. The molecular weight excluding hydrogens is 408 g/mol. The molecule has 1 aliphatic rings. The van der Waals surface area contributed by atoms with Crippen LogP contribution in [0, 0.1) is 18.3 Å². The van der Waals surface area contributed by atoms with E-state index >= 15 is 0 Å². The SMILES string of the molecule is CCN(CC(=O)Nc1cc(Cl)ccc1C)CC(=O)Nc1sc2c(c1C#N)CCC2. The quantitative estimate of drug-likeness (QED) is 0.695. The normalized spacial score (nSPS) is 12.5. The van der Waals surface area contributed by atoms with E-state index in [9.17, 15) is 14.9 Å². The second-order valence-electron chi connectivity index (χ2n) is 7.03. The second-order valence-corrected chi connectivity index (χ2v) is 8.57. The summed E-state index contributed by atoms with van der Waals surface area (Å²) in [4.78, 5) is 27.9. The van der Waals surface area contributed by atoms with E-state index in [0.29, 0.717) is 27.8 Å². The van der Waals surface area contributed by atoms with Gasteiger partial charge in [-0.25, -0.2) is 0 Å². The fraction of sp³-hybridized carbons (Fsp3) is 0.381. The average Bonchev–Trinajstić information content (AvgIpc) is 3.24. The number of nitrogens with one attached hydrogen (secondary N) is 2. The topological polar surface area (TPSA) is 85.2 Å². The number of thiophene rings is 1. The molecule has 1 aromatic carbocycles. The van der Waals surface area contributed by atoms with Gasteiger partial charge in [0, 0.05) is 15.6 Å². The number of nitriles is 1. The molecule has 1 aromatic heterocycles. The summed E-state index contributed by atoms with van der Waals surface area (Å²) in [5, 5.41) is 16.3. The minimum atomic E-state index is -0.227. The number of carbonyl (C=O) groups excluding carboxylic acids is 2. The van der Waals surface area contributed by atoms with Crippen molar-refractivity contribution >= 4 is 45.4 Å². The highest BCUT2D eigenvalue weighted by Gasteiger charge is 2.23. The molecule has 0 spiro atoms. The Morgan fingerprint density at radius 3 is 2.66 bits per heavy atom. The molecule has 0 saturated heterocycles. The molecule has 8 heteroatoms. The maximum Gasteiger partial charge on any atom is 0.239 e. The summed E-state index contributed by atoms with van der Waals surface area (Å²) in [7, 11) is 0. The first-order valence-electron chi connectivity index (χ1n) is 9.54. The average molecular weight is 431 g/mol. The minimum absolute atomic E-state index is 0.0753. The van der Waals surface area contributed by atoms with Crippen LogP contribution in [-0.2, 0) is 22.4 Å². The number of hydrogen-bond donors (Lipinski definition) is 2. The fourth-order valence-corrected chi connectivity index (χ4v) is 4.81. The highest BCUT2D eigenvalue weighted by Crippen LogP contribution is 2.38. The van der Waals surface area contributed by atoms with Crippen molar-refractivity contribution in [3.05, 3.63) is 44.8 Å². The van der Waals surface area contributed by atoms with Crippen LogP contribution in [0.3, 0.4) is 0 Å². The Morgan fingerprint density at radius 2 is 1.97 bits per heavy atom. The molecule has 0 atom stereocenters. The lowest BCUT2D eigenvalue weighted by molar-refractivity contribution is -0.119. The molecule has 1 heterocycles. The van der Waals surface area contributed by atoms with Crippen LogP contribution in [0.2, 0.25) is 5.02 Å². The van der Waals surface area contributed by atoms with Crippen molar-refractivity contribution in [1.29, 1.82) is 5.26 Å². The molecule has 0 bridgehead atoms. The number of halogens is 1. The highest BCUT2D eigenvalue weighted by molar-refractivity contribution is 7.16. The zero-order valence-electron chi connectivity index (χ0n) is 16.5. The first-order valence-corrected chi connectivity index (χ1v) is 10.7. The predicted molar refractivity (Wildman–Crippen MR) is 117 cm³/mol. The Labute approximate surface area is 179 Å². The maximum atomic E-state index is 12.5. The van der Waals surface area contributed by atoms with E-state index in [-0.39, 0.29) is 24.9 Å². The van der Waals surface area contributed by atoms with Gasteiger partial charge in [0.15, 0.2) is 0 Å². The Hall–Kier alpha value is -2.40. The van der Waals surface area contributed by atoms with Gasteiger partial charge in [-0.3, -0.25) is 14.5 Å². The zero-order valence-corrected chi connectivity index (χ0v) is 18.0. The Morgan fingerprint density at radius 1 is 1.24 bits per heavy atom. The van der Waals surface area contributed by atoms with Gasteiger partial charge in [-0.05, 0) is 56.0 Å². The molecule has 152 valence electrons. The number of fused-ring (bicyclic) bond motifs is 1. The molecule has 0 unspecified atom stereocenters. The van der Waals surface area contributed by atoms with Crippen LogP contribution in [0.15, 0.2) is 18.2 Å². The summed E-state index contributed by atoms with van der Waals surface area (Å²) in [5.74, 6) is -0.437. The number of anilines is 2. The van der Waals surface area contributed by atoms with Gasteiger partial charge in [0.2, 0.25) is 11.8 Å². The lowest BCUT2D eigenvalue weighted by Gasteiger charge is -2.19. The molecule has 0 saturated carbocycles. The van der Waals surface area contributed by atoms with Gasteiger partial charge in [-0.2, -0.15) is 5.26 Å². The van der Waals surface area contributed by atoms with Crippen molar-refractivity contribution in [3.63, 3.8) is 0 Å². The molecule has 0 fully saturated rings. The van der Waals surface area contributed by atoms with Gasteiger partial charge in [-0.1, -0.05) is 24.6 Å². The number of likely N-dealkylation sites (N-methyl/N-ethyl adjacent to an activating group) is 1. The van der Waals surface area contributed by atoms with E-state index in [4.69, 9.17) is 11.6 Å². The summed E-state index contributed by atoms with van der Waals surface area (Å²) in [6.07, 6.45) is 2.93. The molecule has 1 aliphatic carbocycles. The van der Waals surface area contributed by atoms with Crippen molar-refractivity contribution in [2.24, 2.45) is 0 Å². The highest BCUT2D eigenvalue weighted by atomic mass is 35.5. The van der Waals surface area contributed by atoms with Crippen LogP contribution in [0.4, 0.5) is 10.7 Å². The lowest BCUT2D eigenvalue weighted by Crippen LogP contribution is -2.38. The number of amides is 2. The van der Waals surface area contributed by atoms with Gasteiger partial charge in [0.05, 0.1) is 18.7 Å². The van der Waals surface area contributed by atoms with Crippen LogP contribution in [-0.4, -0.2) is 36.3 Å². The van der Waals surface area contributed by atoms with Crippen molar-refractivity contribution in [2.75, 3.05) is 30.3 Å². The summed E-state index contributed by atoms with van der Waals surface area (Å²) in [5.41, 5.74) is 3.25. The largest absolute Gasteiger partial charge is 0.325 e. The van der Waals surface area contributed by atoms with Crippen molar-refractivity contribution in [1.82, 2.24) is 4.90 Å². The maximum absolute atomic E-state index is 12.5. The van der Waals surface area contributed by atoms with Crippen LogP contribution >= 0.6 is 22.9 Å². The number of carbonyl (C=O) groups is 2. The van der Waals surface area contributed by atoms with E-state index in [1.165, 1.54) is 16.2 Å². The Bertz CT molecular complexity index is 980. The van der Waals surface area contributed by atoms with Crippen LogP contribution in [0.5, 0.6) is 0 Å². The van der Waals surface area contributed by atoms with Crippen molar-refractivity contribution in [2.45, 2.75) is 33.1 Å². The van der Waals surface area contributed by atoms with E-state index < -0.39 is 0 Å². The molecule has 2 aromatic rings. The van der Waals surface area contributed by atoms with E-state index in [0.717, 1.165) is 30.4 Å². The van der Waals surface area contributed by atoms with Gasteiger partial charge in [-0.15, -0.1) is 11.3 Å². The molecule has 6 nitrogen and oxygen atoms in total. The molecular formula is C21H23ClN4O2S. The monoisotopic (exact) mass is 430 g/mol. The van der Waals surface area contributed by atoms with E-state index in [1.54, 1.807) is 17.0 Å². The summed E-state index contributed by atoms with van der Waals surface area (Å²) >= 11 is 7.48. The minimum Gasteiger partial charge on any atom is -0.325 e. The van der Waals surface area contributed by atoms with Gasteiger partial charge >= 0.3 is 0 Å². The number of nitrogens with zero attached hydrogens (tertiary/aromatic N) is 2. The van der Waals surface area contributed by atoms with Crippen molar-refractivity contribution in [3.8, 4) is 6.07 Å². The van der Waals surface area contributed by atoms with Gasteiger partial charge < -0.3 is 10.6 Å². The predicted octanol–water partition coefficient (Wildman–Crippen LogP) is 3.97. The number of benzene rings is 1.